The molecule has 1 aliphatic rings. The zero-order chi connectivity index (χ0) is 14.0. The molecule has 0 radical (unpaired) electrons. The molecular formula is C13H17F2NO3. The predicted molar refractivity (Wildman–Crippen MR) is 66.8 cm³/mol. The first-order valence-electron chi connectivity index (χ1n) is 6.06. The summed E-state index contributed by atoms with van der Waals surface area (Å²) in [7, 11) is 1.62. The van der Waals surface area contributed by atoms with Crippen molar-refractivity contribution < 1.29 is 23.0 Å². The summed E-state index contributed by atoms with van der Waals surface area (Å²) in [6.07, 6.45) is -3.58. The van der Waals surface area contributed by atoms with E-state index in [4.69, 9.17) is 4.74 Å². The third-order valence-electron chi connectivity index (χ3n) is 2.90. The molecular weight excluding hydrogens is 256 g/mol. The number of alkyl halides is 2. The first kappa shape index (κ1) is 13.9. The summed E-state index contributed by atoms with van der Waals surface area (Å²) in [6.45, 7) is 4.64. The van der Waals surface area contributed by atoms with E-state index in [1.165, 1.54) is 12.1 Å². The minimum atomic E-state index is -3.58. The van der Waals surface area contributed by atoms with Gasteiger partial charge in [0.15, 0.2) is 11.5 Å². The molecule has 1 unspecified atom stereocenters. The normalized spacial score (nSPS) is 17.6. The number of rotatable bonds is 5. The highest BCUT2D eigenvalue weighted by Crippen LogP contribution is 2.42. The minimum Gasteiger partial charge on any atom is -0.395 e. The SMILES string of the molecule is COCC(Nc1ccc2c(c1)OC(F)(F)O2)C(C)C. The van der Waals surface area contributed by atoms with Gasteiger partial charge in [-0.2, -0.15) is 0 Å². The molecule has 19 heavy (non-hydrogen) atoms. The molecule has 0 aliphatic carbocycles. The molecule has 1 N–H and O–H groups in total. The quantitative estimate of drug-likeness (QED) is 0.895. The van der Waals surface area contributed by atoms with Crippen LogP contribution in [-0.4, -0.2) is 26.1 Å². The van der Waals surface area contributed by atoms with Gasteiger partial charge in [0.05, 0.1) is 12.6 Å². The number of benzene rings is 1. The maximum absolute atomic E-state index is 12.9. The van der Waals surface area contributed by atoms with E-state index in [0.29, 0.717) is 18.2 Å². The molecule has 0 amide bonds. The highest BCUT2D eigenvalue weighted by molar-refractivity contribution is 5.56. The van der Waals surface area contributed by atoms with Crippen LogP contribution in [0.4, 0.5) is 14.5 Å². The van der Waals surface area contributed by atoms with E-state index in [0.717, 1.165) is 0 Å². The monoisotopic (exact) mass is 273 g/mol. The number of halogens is 2. The van der Waals surface area contributed by atoms with Gasteiger partial charge in [-0.3, -0.25) is 0 Å². The summed E-state index contributed by atoms with van der Waals surface area (Å²) in [5.74, 6) is 0.421. The lowest BCUT2D eigenvalue weighted by Crippen LogP contribution is -2.30. The zero-order valence-corrected chi connectivity index (χ0v) is 11.1. The molecule has 1 aromatic rings. The van der Waals surface area contributed by atoms with Crippen LogP contribution in [-0.2, 0) is 4.74 Å². The summed E-state index contributed by atoms with van der Waals surface area (Å²) in [5.41, 5.74) is 0.691. The Bertz CT molecular complexity index is 452. The van der Waals surface area contributed by atoms with Crippen LogP contribution in [0.1, 0.15) is 13.8 Å². The second-order valence-corrected chi connectivity index (χ2v) is 4.78. The molecule has 1 aromatic carbocycles. The number of nitrogens with one attached hydrogen (secondary N) is 1. The molecule has 1 aliphatic heterocycles. The maximum atomic E-state index is 12.9. The maximum Gasteiger partial charge on any atom is 0.586 e. The summed E-state index contributed by atoms with van der Waals surface area (Å²) >= 11 is 0. The Labute approximate surface area is 110 Å². The Morgan fingerprint density at radius 2 is 1.95 bits per heavy atom. The minimum absolute atomic E-state index is 0.0370. The summed E-state index contributed by atoms with van der Waals surface area (Å²) < 4.78 is 39.7. The van der Waals surface area contributed by atoms with Gasteiger partial charge in [0.2, 0.25) is 0 Å². The van der Waals surface area contributed by atoms with Gasteiger partial charge in [-0.1, -0.05) is 13.8 Å². The predicted octanol–water partition coefficient (Wildman–Crippen LogP) is 3.09. The lowest BCUT2D eigenvalue weighted by Gasteiger charge is -2.22. The Morgan fingerprint density at radius 3 is 2.58 bits per heavy atom. The van der Waals surface area contributed by atoms with Gasteiger partial charge in [0.25, 0.3) is 0 Å². The van der Waals surface area contributed by atoms with Gasteiger partial charge in [-0.05, 0) is 18.1 Å². The highest BCUT2D eigenvalue weighted by Gasteiger charge is 2.43. The van der Waals surface area contributed by atoms with E-state index in [9.17, 15) is 8.78 Å². The van der Waals surface area contributed by atoms with Crippen LogP contribution >= 0.6 is 0 Å². The third kappa shape index (κ3) is 3.26. The highest BCUT2D eigenvalue weighted by atomic mass is 19.3. The van der Waals surface area contributed by atoms with Crippen LogP contribution in [0.3, 0.4) is 0 Å². The van der Waals surface area contributed by atoms with Gasteiger partial charge >= 0.3 is 6.29 Å². The molecule has 1 heterocycles. The summed E-state index contributed by atoms with van der Waals surface area (Å²) in [5, 5.41) is 3.23. The van der Waals surface area contributed by atoms with Crippen LogP contribution in [0.5, 0.6) is 11.5 Å². The van der Waals surface area contributed by atoms with Gasteiger partial charge in [0, 0.05) is 18.9 Å². The van der Waals surface area contributed by atoms with Gasteiger partial charge in [-0.25, -0.2) is 0 Å². The molecule has 0 spiro atoms. The zero-order valence-electron chi connectivity index (χ0n) is 11.1. The molecule has 4 nitrogen and oxygen atoms in total. The van der Waals surface area contributed by atoms with Crippen molar-refractivity contribution in [3.8, 4) is 11.5 Å². The van der Waals surface area contributed by atoms with E-state index in [1.54, 1.807) is 13.2 Å². The van der Waals surface area contributed by atoms with Crippen molar-refractivity contribution in [3.63, 3.8) is 0 Å². The van der Waals surface area contributed by atoms with Crippen molar-refractivity contribution in [2.75, 3.05) is 19.0 Å². The number of hydrogen-bond acceptors (Lipinski definition) is 4. The Kier molecular flexibility index (Phi) is 3.80. The van der Waals surface area contributed by atoms with Gasteiger partial charge < -0.3 is 19.5 Å². The topological polar surface area (TPSA) is 39.7 Å². The molecule has 0 bridgehead atoms. The summed E-state index contributed by atoms with van der Waals surface area (Å²) in [6, 6.07) is 4.73. The van der Waals surface area contributed by atoms with E-state index < -0.39 is 6.29 Å². The number of hydrogen-bond donors (Lipinski definition) is 1. The largest absolute Gasteiger partial charge is 0.586 e. The third-order valence-corrected chi connectivity index (χ3v) is 2.90. The number of anilines is 1. The average molecular weight is 273 g/mol. The van der Waals surface area contributed by atoms with Crippen molar-refractivity contribution in [2.24, 2.45) is 5.92 Å². The van der Waals surface area contributed by atoms with Crippen LogP contribution in [0, 0.1) is 5.92 Å². The molecule has 2 rings (SSSR count). The summed E-state index contributed by atoms with van der Waals surface area (Å²) in [4.78, 5) is 0. The number of ether oxygens (including phenoxy) is 3. The van der Waals surface area contributed by atoms with Crippen molar-refractivity contribution in [2.45, 2.75) is 26.2 Å². The Balaban J connectivity index is 2.11. The van der Waals surface area contributed by atoms with E-state index in [1.807, 2.05) is 0 Å². The lowest BCUT2D eigenvalue weighted by atomic mass is 10.0. The molecule has 106 valence electrons. The molecule has 0 saturated heterocycles. The van der Waals surface area contributed by atoms with Crippen LogP contribution < -0.4 is 14.8 Å². The second kappa shape index (κ2) is 5.21. The van der Waals surface area contributed by atoms with Crippen LogP contribution in [0.25, 0.3) is 0 Å². The van der Waals surface area contributed by atoms with E-state index >= 15 is 0 Å². The molecule has 6 heteroatoms. The molecule has 1 atom stereocenters. The van der Waals surface area contributed by atoms with Crippen molar-refractivity contribution >= 4 is 5.69 Å². The molecule has 0 saturated carbocycles. The lowest BCUT2D eigenvalue weighted by molar-refractivity contribution is -0.286. The van der Waals surface area contributed by atoms with Crippen LogP contribution in [0.2, 0.25) is 0 Å². The Morgan fingerprint density at radius 1 is 1.26 bits per heavy atom. The van der Waals surface area contributed by atoms with E-state index in [2.05, 4.69) is 28.6 Å². The number of methoxy groups -OCH3 is 1. The fourth-order valence-electron chi connectivity index (χ4n) is 1.83. The molecule has 0 fully saturated rings. The molecule has 0 aromatic heterocycles. The Hall–Kier alpha value is -1.56. The van der Waals surface area contributed by atoms with Gasteiger partial charge in [-0.15, -0.1) is 8.78 Å². The second-order valence-electron chi connectivity index (χ2n) is 4.78. The smallest absolute Gasteiger partial charge is 0.395 e. The van der Waals surface area contributed by atoms with E-state index in [-0.39, 0.29) is 17.5 Å². The fourth-order valence-corrected chi connectivity index (χ4v) is 1.83. The fraction of sp³-hybridized carbons (Fsp3) is 0.538. The standard InChI is InChI=1S/C13H17F2NO3/c1-8(2)10(7-17-3)16-9-4-5-11-12(6-9)19-13(14,15)18-11/h4-6,8,10,16H,7H2,1-3H3. The van der Waals surface area contributed by atoms with Crippen molar-refractivity contribution in [1.29, 1.82) is 0 Å². The van der Waals surface area contributed by atoms with Crippen molar-refractivity contribution in [3.05, 3.63) is 18.2 Å². The van der Waals surface area contributed by atoms with Crippen LogP contribution in [0.15, 0.2) is 18.2 Å². The first-order valence-corrected chi connectivity index (χ1v) is 6.06. The number of fused-ring (bicyclic) bond motifs is 1. The van der Waals surface area contributed by atoms with Gasteiger partial charge in [0.1, 0.15) is 0 Å². The average Bonchev–Trinajstić information content (AvgIpc) is 2.61. The first-order chi connectivity index (χ1) is 8.91. The van der Waals surface area contributed by atoms with Crippen molar-refractivity contribution in [1.82, 2.24) is 0 Å².